The van der Waals surface area contributed by atoms with Crippen molar-refractivity contribution in [3.05, 3.63) is 32.3 Å². The molecule has 0 radical (unpaired) electrons. The summed E-state index contributed by atoms with van der Waals surface area (Å²) in [6.07, 6.45) is 1.80. The Balaban J connectivity index is 2.02. The number of halogens is 1. The molecule has 2 aromatic rings. The second-order valence-electron chi connectivity index (χ2n) is 4.79. The van der Waals surface area contributed by atoms with Crippen LogP contribution in [-0.4, -0.2) is 28.2 Å². The summed E-state index contributed by atoms with van der Waals surface area (Å²) in [6.45, 7) is 3.30. The first-order chi connectivity index (χ1) is 9.63. The monoisotopic (exact) mass is 311 g/mol. The standard InChI is InChI=1S/C13H14ClN3O2S/c1-7-11(20-13(14)15-7)12-16-9(6-10(18)17-12)8-2-4-19-5-3-8/h6,8H,2-5H2,1H3,(H,16,17,18). The topological polar surface area (TPSA) is 67.9 Å². The molecule has 0 unspecified atom stereocenters. The molecule has 0 amide bonds. The van der Waals surface area contributed by atoms with Gasteiger partial charge < -0.3 is 9.72 Å². The van der Waals surface area contributed by atoms with Gasteiger partial charge in [0.1, 0.15) is 0 Å². The number of hydrogen-bond acceptors (Lipinski definition) is 5. The zero-order valence-electron chi connectivity index (χ0n) is 11.0. The molecule has 1 aliphatic rings. The second kappa shape index (κ2) is 5.63. The average Bonchev–Trinajstić information content (AvgIpc) is 2.78. The number of aryl methyl sites for hydroxylation is 1. The smallest absolute Gasteiger partial charge is 0.251 e. The Hall–Kier alpha value is -1.24. The maximum atomic E-state index is 11.9. The third kappa shape index (κ3) is 2.77. The molecule has 0 saturated carbocycles. The molecule has 7 heteroatoms. The number of hydrogen-bond donors (Lipinski definition) is 1. The Morgan fingerprint density at radius 3 is 2.80 bits per heavy atom. The number of aromatic nitrogens is 3. The highest BCUT2D eigenvalue weighted by Gasteiger charge is 2.20. The Bertz CT molecular complexity index is 676. The van der Waals surface area contributed by atoms with Crippen molar-refractivity contribution in [1.29, 1.82) is 0 Å². The van der Waals surface area contributed by atoms with Gasteiger partial charge in [0.05, 0.1) is 16.3 Å². The number of nitrogens with zero attached hydrogens (tertiary/aromatic N) is 2. The van der Waals surface area contributed by atoms with Crippen LogP contribution in [0.4, 0.5) is 0 Å². The summed E-state index contributed by atoms with van der Waals surface area (Å²) in [6, 6.07) is 1.58. The lowest BCUT2D eigenvalue weighted by molar-refractivity contribution is 0.0845. The van der Waals surface area contributed by atoms with E-state index in [1.807, 2.05) is 6.92 Å². The molecule has 0 spiro atoms. The predicted molar refractivity (Wildman–Crippen MR) is 78.5 cm³/mol. The fourth-order valence-corrected chi connectivity index (χ4v) is 3.47. The van der Waals surface area contributed by atoms with Crippen LogP contribution in [-0.2, 0) is 4.74 Å². The molecule has 1 saturated heterocycles. The van der Waals surface area contributed by atoms with Crippen LogP contribution in [0.2, 0.25) is 4.47 Å². The molecule has 20 heavy (non-hydrogen) atoms. The van der Waals surface area contributed by atoms with E-state index in [-0.39, 0.29) is 11.5 Å². The van der Waals surface area contributed by atoms with Gasteiger partial charge in [0, 0.05) is 25.2 Å². The van der Waals surface area contributed by atoms with Crippen LogP contribution in [0.25, 0.3) is 10.7 Å². The molecule has 1 aliphatic heterocycles. The first kappa shape index (κ1) is 13.7. The number of ether oxygens (including phenoxy) is 1. The Kier molecular flexibility index (Phi) is 3.87. The highest BCUT2D eigenvalue weighted by atomic mass is 35.5. The lowest BCUT2D eigenvalue weighted by Gasteiger charge is -2.21. The lowest BCUT2D eigenvalue weighted by Crippen LogP contribution is -2.18. The molecule has 3 heterocycles. The van der Waals surface area contributed by atoms with E-state index >= 15 is 0 Å². The van der Waals surface area contributed by atoms with Crippen LogP contribution >= 0.6 is 22.9 Å². The normalized spacial score (nSPS) is 16.5. The van der Waals surface area contributed by atoms with Crippen molar-refractivity contribution in [2.45, 2.75) is 25.7 Å². The first-order valence-corrected chi connectivity index (χ1v) is 7.65. The molecule has 0 aromatic carbocycles. The van der Waals surface area contributed by atoms with Crippen molar-refractivity contribution in [3.63, 3.8) is 0 Å². The highest BCUT2D eigenvalue weighted by molar-refractivity contribution is 7.19. The molecule has 106 valence electrons. The molecule has 1 N–H and O–H groups in total. The third-order valence-electron chi connectivity index (χ3n) is 3.39. The fourth-order valence-electron chi connectivity index (χ4n) is 2.37. The summed E-state index contributed by atoms with van der Waals surface area (Å²) in [5, 5.41) is 0. The van der Waals surface area contributed by atoms with Crippen molar-refractivity contribution in [1.82, 2.24) is 15.0 Å². The Morgan fingerprint density at radius 1 is 1.40 bits per heavy atom. The van der Waals surface area contributed by atoms with Crippen LogP contribution in [0.3, 0.4) is 0 Å². The van der Waals surface area contributed by atoms with Gasteiger partial charge in [-0.25, -0.2) is 9.97 Å². The molecule has 0 bridgehead atoms. The fraction of sp³-hybridized carbons (Fsp3) is 0.462. The first-order valence-electron chi connectivity index (χ1n) is 6.46. The van der Waals surface area contributed by atoms with Gasteiger partial charge >= 0.3 is 0 Å². The molecular weight excluding hydrogens is 298 g/mol. The quantitative estimate of drug-likeness (QED) is 0.926. The lowest BCUT2D eigenvalue weighted by atomic mass is 9.96. The summed E-state index contributed by atoms with van der Waals surface area (Å²) in [7, 11) is 0. The third-order valence-corrected chi connectivity index (χ3v) is 4.66. The minimum Gasteiger partial charge on any atom is -0.381 e. The van der Waals surface area contributed by atoms with Crippen molar-refractivity contribution in [2.24, 2.45) is 0 Å². The summed E-state index contributed by atoms with van der Waals surface area (Å²) in [5.41, 5.74) is 1.48. The second-order valence-corrected chi connectivity index (χ2v) is 6.37. The molecule has 5 nitrogen and oxygen atoms in total. The summed E-state index contributed by atoms with van der Waals surface area (Å²) in [5.74, 6) is 0.842. The predicted octanol–water partition coefficient (Wildman–Crippen LogP) is 2.75. The van der Waals surface area contributed by atoms with E-state index in [9.17, 15) is 4.79 Å². The minimum absolute atomic E-state index is 0.139. The molecule has 3 rings (SSSR count). The largest absolute Gasteiger partial charge is 0.381 e. The van der Waals surface area contributed by atoms with Gasteiger partial charge in [-0.05, 0) is 19.8 Å². The highest BCUT2D eigenvalue weighted by Crippen LogP contribution is 2.31. The van der Waals surface area contributed by atoms with Crippen molar-refractivity contribution in [3.8, 4) is 10.7 Å². The van der Waals surface area contributed by atoms with Crippen LogP contribution < -0.4 is 5.56 Å². The molecule has 2 aromatic heterocycles. The van der Waals surface area contributed by atoms with Gasteiger partial charge in [-0.3, -0.25) is 4.79 Å². The SMILES string of the molecule is Cc1nc(Cl)sc1-c1nc(C2CCOCC2)cc(=O)[nH]1. The number of aromatic amines is 1. The summed E-state index contributed by atoms with van der Waals surface area (Å²) < 4.78 is 5.80. The minimum atomic E-state index is -0.139. The van der Waals surface area contributed by atoms with E-state index < -0.39 is 0 Å². The zero-order chi connectivity index (χ0) is 14.1. The van der Waals surface area contributed by atoms with E-state index in [0.29, 0.717) is 10.3 Å². The van der Waals surface area contributed by atoms with E-state index in [1.54, 1.807) is 6.07 Å². The van der Waals surface area contributed by atoms with Gasteiger partial charge in [-0.2, -0.15) is 0 Å². The van der Waals surface area contributed by atoms with Gasteiger partial charge in [-0.15, -0.1) is 0 Å². The maximum Gasteiger partial charge on any atom is 0.251 e. The van der Waals surface area contributed by atoms with Crippen LogP contribution in [0.15, 0.2) is 10.9 Å². The number of thiazole rings is 1. The van der Waals surface area contributed by atoms with Gasteiger partial charge in [0.15, 0.2) is 10.3 Å². The summed E-state index contributed by atoms with van der Waals surface area (Å²) in [4.78, 5) is 24.2. The van der Waals surface area contributed by atoms with Crippen LogP contribution in [0, 0.1) is 6.92 Å². The van der Waals surface area contributed by atoms with Gasteiger partial charge in [0.2, 0.25) is 0 Å². The number of nitrogens with one attached hydrogen (secondary N) is 1. The number of rotatable bonds is 2. The van der Waals surface area contributed by atoms with Crippen LogP contribution in [0.5, 0.6) is 0 Å². The van der Waals surface area contributed by atoms with Gasteiger partial charge in [-0.1, -0.05) is 22.9 Å². The Morgan fingerprint density at radius 2 is 2.15 bits per heavy atom. The molecule has 0 aliphatic carbocycles. The molecule has 0 atom stereocenters. The van der Waals surface area contributed by atoms with Crippen molar-refractivity contribution < 1.29 is 4.74 Å². The van der Waals surface area contributed by atoms with E-state index in [0.717, 1.165) is 42.3 Å². The summed E-state index contributed by atoms with van der Waals surface area (Å²) >= 11 is 7.24. The maximum absolute atomic E-state index is 11.9. The average molecular weight is 312 g/mol. The van der Waals surface area contributed by atoms with E-state index in [4.69, 9.17) is 16.3 Å². The van der Waals surface area contributed by atoms with Gasteiger partial charge in [0.25, 0.3) is 5.56 Å². The number of H-pyrrole nitrogens is 1. The van der Waals surface area contributed by atoms with Crippen molar-refractivity contribution >= 4 is 22.9 Å². The van der Waals surface area contributed by atoms with Crippen molar-refractivity contribution in [2.75, 3.05) is 13.2 Å². The van der Waals surface area contributed by atoms with Crippen LogP contribution in [0.1, 0.15) is 30.1 Å². The Labute approximate surface area is 125 Å². The molecule has 1 fully saturated rings. The molecular formula is C13H14ClN3O2S. The van der Waals surface area contributed by atoms with E-state index in [1.165, 1.54) is 11.3 Å². The zero-order valence-corrected chi connectivity index (χ0v) is 12.6. The van der Waals surface area contributed by atoms with E-state index in [2.05, 4.69) is 15.0 Å².